The Morgan fingerprint density at radius 3 is 2.45 bits per heavy atom. The first-order chi connectivity index (χ1) is 9.37. The Kier molecular flexibility index (Phi) is 6.39. The highest BCUT2D eigenvalue weighted by Gasteiger charge is 2.22. The van der Waals surface area contributed by atoms with Crippen LogP contribution in [0.2, 0.25) is 0 Å². The molecule has 112 valence electrons. The summed E-state index contributed by atoms with van der Waals surface area (Å²) in [7, 11) is -3.29. The largest absolute Gasteiger partial charge is 0.392 e. The summed E-state index contributed by atoms with van der Waals surface area (Å²) in [5.41, 5.74) is 0.845. The van der Waals surface area contributed by atoms with Gasteiger partial charge in [-0.3, -0.25) is 0 Å². The molecule has 0 saturated carbocycles. The van der Waals surface area contributed by atoms with Crippen LogP contribution in [0.1, 0.15) is 25.8 Å². The van der Waals surface area contributed by atoms with E-state index in [-0.39, 0.29) is 17.8 Å². The minimum Gasteiger partial charge on any atom is -0.392 e. The molecule has 0 saturated heterocycles. The van der Waals surface area contributed by atoms with Gasteiger partial charge in [-0.05, 0) is 12.0 Å². The molecule has 0 atom stereocenters. The van der Waals surface area contributed by atoms with Crippen molar-refractivity contribution in [1.82, 2.24) is 4.72 Å². The summed E-state index contributed by atoms with van der Waals surface area (Å²) in [6.45, 7) is 4.32. The van der Waals surface area contributed by atoms with Crippen molar-refractivity contribution in [2.45, 2.75) is 25.7 Å². The standard InChI is InChI=1S/C15H23NO3S/c1-15(2,14-9-5-3-6-10-14)13-16-20(18,19)12-8-4-7-11-17/h3-7,9-10,16-17H,8,11-13H2,1-2H3/b7-4+. The molecule has 4 nitrogen and oxygen atoms in total. The van der Waals surface area contributed by atoms with Crippen LogP contribution in [0.25, 0.3) is 0 Å². The van der Waals surface area contributed by atoms with Crippen LogP contribution in [0.4, 0.5) is 0 Å². The highest BCUT2D eigenvalue weighted by molar-refractivity contribution is 7.89. The Morgan fingerprint density at radius 1 is 1.20 bits per heavy atom. The van der Waals surface area contributed by atoms with E-state index in [9.17, 15) is 8.42 Å². The fourth-order valence-corrected chi connectivity index (χ4v) is 2.94. The van der Waals surface area contributed by atoms with E-state index in [1.165, 1.54) is 0 Å². The molecule has 5 heteroatoms. The predicted octanol–water partition coefficient (Wildman–Crippen LogP) is 1.82. The molecule has 0 amide bonds. The molecule has 2 N–H and O–H groups in total. The zero-order chi connectivity index (χ0) is 15.1. The molecule has 0 spiro atoms. The number of sulfonamides is 1. The molecular weight excluding hydrogens is 274 g/mol. The number of hydrogen-bond donors (Lipinski definition) is 2. The fourth-order valence-electron chi connectivity index (χ4n) is 1.77. The van der Waals surface area contributed by atoms with Gasteiger partial charge in [0.05, 0.1) is 12.4 Å². The second-order valence-corrected chi connectivity index (χ2v) is 7.26. The van der Waals surface area contributed by atoms with E-state index in [2.05, 4.69) is 4.72 Å². The highest BCUT2D eigenvalue weighted by atomic mass is 32.2. The normalized spacial score (nSPS) is 12.9. The van der Waals surface area contributed by atoms with Crippen LogP contribution >= 0.6 is 0 Å². The van der Waals surface area contributed by atoms with Crippen molar-refractivity contribution in [2.24, 2.45) is 0 Å². The smallest absolute Gasteiger partial charge is 0.211 e. The molecule has 0 radical (unpaired) electrons. The predicted molar refractivity (Wildman–Crippen MR) is 82.1 cm³/mol. The number of allylic oxidation sites excluding steroid dienone is 1. The van der Waals surface area contributed by atoms with E-state index in [1.54, 1.807) is 12.2 Å². The number of benzene rings is 1. The SMILES string of the molecule is CC(C)(CNS(=O)(=O)CC/C=C/CO)c1ccccc1. The van der Waals surface area contributed by atoms with E-state index < -0.39 is 10.0 Å². The lowest BCUT2D eigenvalue weighted by Gasteiger charge is -2.25. The third kappa shape index (κ3) is 5.86. The maximum atomic E-state index is 11.9. The minimum atomic E-state index is -3.29. The Labute approximate surface area is 121 Å². The molecule has 1 aromatic rings. The first-order valence-electron chi connectivity index (χ1n) is 6.66. The summed E-state index contributed by atoms with van der Waals surface area (Å²) in [6.07, 6.45) is 3.62. The highest BCUT2D eigenvalue weighted by Crippen LogP contribution is 2.21. The second kappa shape index (κ2) is 7.57. The van der Waals surface area contributed by atoms with Crippen LogP contribution in [0, 0.1) is 0 Å². The lowest BCUT2D eigenvalue weighted by molar-refractivity contribution is 0.342. The molecule has 0 fully saturated rings. The van der Waals surface area contributed by atoms with Crippen LogP contribution in [-0.2, 0) is 15.4 Å². The van der Waals surface area contributed by atoms with Crippen molar-refractivity contribution in [3.05, 3.63) is 48.0 Å². The summed E-state index contributed by atoms with van der Waals surface area (Å²) < 4.78 is 26.4. The van der Waals surface area contributed by atoms with E-state index in [0.29, 0.717) is 13.0 Å². The lowest BCUT2D eigenvalue weighted by Crippen LogP contribution is -2.37. The summed E-state index contributed by atoms with van der Waals surface area (Å²) in [5, 5.41) is 8.58. The summed E-state index contributed by atoms with van der Waals surface area (Å²) in [4.78, 5) is 0. The first-order valence-corrected chi connectivity index (χ1v) is 8.31. The lowest BCUT2D eigenvalue weighted by atomic mass is 9.85. The van der Waals surface area contributed by atoms with Gasteiger partial charge in [-0.1, -0.05) is 56.3 Å². The van der Waals surface area contributed by atoms with Crippen molar-refractivity contribution in [3.8, 4) is 0 Å². The molecule has 20 heavy (non-hydrogen) atoms. The molecular formula is C15H23NO3S. The molecule has 0 unspecified atom stereocenters. The van der Waals surface area contributed by atoms with Crippen molar-refractivity contribution in [1.29, 1.82) is 0 Å². The zero-order valence-electron chi connectivity index (χ0n) is 12.0. The van der Waals surface area contributed by atoms with Gasteiger partial charge in [-0.15, -0.1) is 0 Å². The molecule has 0 aromatic heterocycles. The quantitative estimate of drug-likeness (QED) is 0.719. The molecule has 0 aliphatic rings. The van der Waals surface area contributed by atoms with Gasteiger partial charge in [0.2, 0.25) is 10.0 Å². The van der Waals surface area contributed by atoms with Gasteiger partial charge < -0.3 is 5.11 Å². The van der Waals surface area contributed by atoms with Gasteiger partial charge in [0.1, 0.15) is 0 Å². The number of aliphatic hydroxyl groups is 1. The van der Waals surface area contributed by atoms with Crippen LogP contribution in [0.5, 0.6) is 0 Å². The van der Waals surface area contributed by atoms with Gasteiger partial charge in [0.15, 0.2) is 0 Å². The third-order valence-electron chi connectivity index (χ3n) is 3.11. The zero-order valence-corrected chi connectivity index (χ0v) is 12.9. The van der Waals surface area contributed by atoms with Crippen molar-refractivity contribution in [2.75, 3.05) is 18.9 Å². The van der Waals surface area contributed by atoms with Gasteiger partial charge >= 0.3 is 0 Å². The monoisotopic (exact) mass is 297 g/mol. The van der Waals surface area contributed by atoms with Crippen LogP contribution in [0.3, 0.4) is 0 Å². The number of rotatable bonds is 8. The maximum Gasteiger partial charge on any atom is 0.211 e. The Morgan fingerprint density at radius 2 is 1.85 bits per heavy atom. The third-order valence-corrected chi connectivity index (χ3v) is 4.47. The Hall–Kier alpha value is -1.17. The van der Waals surface area contributed by atoms with Gasteiger partial charge in [-0.2, -0.15) is 0 Å². The van der Waals surface area contributed by atoms with E-state index >= 15 is 0 Å². The number of aliphatic hydroxyl groups excluding tert-OH is 1. The van der Waals surface area contributed by atoms with Crippen molar-refractivity contribution < 1.29 is 13.5 Å². The van der Waals surface area contributed by atoms with Crippen molar-refractivity contribution >= 4 is 10.0 Å². The molecule has 1 aromatic carbocycles. The molecule has 0 aliphatic carbocycles. The van der Waals surface area contributed by atoms with Gasteiger partial charge in [0.25, 0.3) is 0 Å². The minimum absolute atomic E-state index is 0.0361. The number of nitrogens with one attached hydrogen (secondary N) is 1. The van der Waals surface area contributed by atoms with E-state index in [4.69, 9.17) is 5.11 Å². The molecule has 0 aliphatic heterocycles. The topological polar surface area (TPSA) is 66.4 Å². The average Bonchev–Trinajstić information content (AvgIpc) is 2.43. The molecule has 0 heterocycles. The van der Waals surface area contributed by atoms with Crippen LogP contribution in [-0.4, -0.2) is 32.4 Å². The Bertz CT molecular complexity index is 521. The fraction of sp³-hybridized carbons (Fsp3) is 0.467. The summed E-state index contributed by atoms with van der Waals surface area (Å²) in [6, 6.07) is 9.84. The van der Waals surface area contributed by atoms with E-state index in [1.807, 2.05) is 44.2 Å². The van der Waals surface area contributed by atoms with Crippen LogP contribution < -0.4 is 4.72 Å². The van der Waals surface area contributed by atoms with Crippen molar-refractivity contribution in [3.63, 3.8) is 0 Å². The summed E-state index contributed by atoms with van der Waals surface area (Å²) in [5.74, 6) is 0.0361. The maximum absolute atomic E-state index is 11.9. The molecule has 0 bridgehead atoms. The van der Waals surface area contributed by atoms with E-state index in [0.717, 1.165) is 5.56 Å². The first kappa shape index (κ1) is 16.9. The second-order valence-electron chi connectivity index (χ2n) is 5.33. The molecule has 1 rings (SSSR count). The van der Waals surface area contributed by atoms with Gasteiger partial charge in [-0.25, -0.2) is 13.1 Å². The number of hydrogen-bond acceptors (Lipinski definition) is 3. The van der Waals surface area contributed by atoms with Gasteiger partial charge in [0, 0.05) is 12.0 Å². The summed E-state index contributed by atoms with van der Waals surface area (Å²) >= 11 is 0. The Balaban J connectivity index is 2.55. The van der Waals surface area contributed by atoms with Crippen LogP contribution in [0.15, 0.2) is 42.5 Å². The average molecular weight is 297 g/mol.